The second kappa shape index (κ2) is 5.37. The third-order valence-electron chi connectivity index (χ3n) is 4.41. The molecule has 0 radical (unpaired) electrons. The van der Waals surface area contributed by atoms with E-state index in [2.05, 4.69) is 27.8 Å². The fourth-order valence-corrected chi connectivity index (χ4v) is 3.26. The topological polar surface area (TPSA) is 19.4 Å². The van der Waals surface area contributed by atoms with E-state index < -0.39 is 0 Å². The van der Waals surface area contributed by atoms with E-state index in [1.807, 2.05) is 12.3 Å². The highest BCUT2D eigenvalue weighted by Crippen LogP contribution is 2.22. The first-order valence-corrected chi connectivity index (χ1v) is 7.20. The monoisotopic (exact) mass is 245 g/mol. The van der Waals surface area contributed by atoms with E-state index in [0.717, 1.165) is 12.6 Å². The van der Waals surface area contributed by atoms with Gasteiger partial charge in [0.05, 0.1) is 5.69 Å². The number of nitrogens with zero attached hydrogens (tertiary/aromatic N) is 3. The van der Waals surface area contributed by atoms with Crippen molar-refractivity contribution in [3.8, 4) is 0 Å². The van der Waals surface area contributed by atoms with Crippen molar-refractivity contribution in [2.24, 2.45) is 0 Å². The number of hydrogen-bond donors (Lipinski definition) is 0. The van der Waals surface area contributed by atoms with Crippen LogP contribution >= 0.6 is 0 Å². The molecule has 2 aliphatic rings. The summed E-state index contributed by atoms with van der Waals surface area (Å²) >= 11 is 0. The van der Waals surface area contributed by atoms with E-state index >= 15 is 0 Å². The number of piperazine rings is 1. The minimum absolute atomic E-state index is 0.802. The lowest BCUT2D eigenvalue weighted by Crippen LogP contribution is -2.54. The zero-order chi connectivity index (χ0) is 12.4. The second-order valence-electron chi connectivity index (χ2n) is 5.69. The summed E-state index contributed by atoms with van der Waals surface area (Å²) in [5, 5.41) is 0. The van der Waals surface area contributed by atoms with Crippen molar-refractivity contribution in [1.82, 2.24) is 14.8 Å². The van der Waals surface area contributed by atoms with Crippen LogP contribution in [0.5, 0.6) is 0 Å². The highest BCUT2D eigenvalue weighted by molar-refractivity contribution is 5.17. The number of piperidine rings is 1. The lowest BCUT2D eigenvalue weighted by Gasteiger charge is -2.44. The van der Waals surface area contributed by atoms with Gasteiger partial charge in [0.1, 0.15) is 0 Å². The van der Waals surface area contributed by atoms with Crippen LogP contribution in [0.1, 0.15) is 30.5 Å². The number of aromatic nitrogens is 1. The molecule has 1 atom stereocenters. The molecule has 2 fully saturated rings. The third-order valence-corrected chi connectivity index (χ3v) is 4.41. The summed E-state index contributed by atoms with van der Waals surface area (Å²) in [4.78, 5) is 9.79. The number of fused-ring (bicyclic) bond motifs is 1. The molecule has 0 saturated carbocycles. The average molecular weight is 245 g/mol. The van der Waals surface area contributed by atoms with Crippen LogP contribution in [0.15, 0.2) is 18.3 Å². The van der Waals surface area contributed by atoms with E-state index in [1.165, 1.54) is 56.7 Å². The summed E-state index contributed by atoms with van der Waals surface area (Å²) in [7, 11) is 0. The molecular formula is C15H23N3. The zero-order valence-corrected chi connectivity index (χ0v) is 11.3. The maximum absolute atomic E-state index is 4.52. The van der Waals surface area contributed by atoms with Gasteiger partial charge in [0, 0.05) is 38.4 Å². The predicted octanol–water partition coefficient (Wildman–Crippen LogP) is 2.06. The first-order chi connectivity index (χ1) is 8.83. The Balaban J connectivity index is 1.63. The second-order valence-corrected chi connectivity index (χ2v) is 5.69. The molecule has 0 spiro atoms. The molecule has 3 rings (SSSR count). The Morgan fingerprint density at radius 3 is 3.11 bits per heavy atom. The van der Waals surface area contributed by atoms with E-state index in [1.54, 1.807) is 0 Å². The molecular weight excluding hydrogens is 222 g/mol. The molecule has 18 heavy (non-hydrogen) atoms. The number of rotatable bonds is 2. The molecule has 0 aromatic carbocycles. The first kappa shape index (κ1) is 12.1. The van der Waals surface area contributed by atoms with Gasteiger partial charge < -0.3 is 0 Å². The summed E-state index contributed by atoms with van der Waals surface area (Å²) in [5.41, 5.74) is 2.57. The molecule has 3 nitrogen and oxygen atoms in total. The van der Waals surface area contributed by atoms with Gasteiger partial charge in [0.25, 0.3) is 0 Å². The lowest BCUT2D eigenvalue weighted by atomic mass is 9.99. The van der Waals surface area contributed by atoms with Gasteiger partial charge in [-0.15, -0.1) is 0 Å². The van der Waals surface area contributed by atoms with E-state index in [-0.39, 0.29) is 0 Å². The molecule has 3 heterocycles. The Kier molecular flexibility index (Phi) is 3.62. The SMILES string of the molecule is Cc1cccnc1CN1CCN2CCCCC2C1. The molecule has 2 saturated heterocycles. The summed E-state index contributed by atoms with van der Waals surface area (Å²) in [6.07, 6.45) is 6.12. The summed E-state index contributed by atoms with van der Waals surface area (Å²) in [5.74, 6) is 0. The van der Waals surface area contributed by atoms with Crippen LogP contribution in [0.25, 0.3) is 0 Å². The highest BCUT2D eigenvalue weighted by atomic mass is 15.3. The van der Waals surface area contributed by atoms with Gasteiger partial charge in [-0.3, -0.25) is 14.8 Å². The summed E-state index contributed by atoms with van der Waals surface area (Å²) in [6, 6.07) is 4.99. The lowest BCUT2D eigenvalue weighted by molar-refractivity contribution is 0.0450. The maximum Gasteiger partial charge on any atom is 0.0573 e. The normalized spacial score (nSPS) is 25.9. The Morgan fingerprint density at radius 1 is 1.28 bits per heavy atom. The zero-order valence-electron chi connectivity index (χ0n) is 11.3. The van der Waals surface area contributed by atoms with Crippen LogP contribution in [0, 0.1) is 6.92 Å². The van der Waals surface area contributed by atoms with Crippen molar-refractivity contribution in [3.63, 3.8) is 0 Å². The van der Waals surface area contributed by atoms with Crippen molar-refractivity contribution in [3.05, 3.63) is 29.6 Å². The molecule has 0 bridgehead atoms. The number of pyridine rings is 1. The predicted molar refractivity (Wildman–Crippen MR) is 73.5 cm³/mol. The molecule has 1 aromatic heterocycles. The Labute approximate surface area is 110 Å². The Bertz CT molecular complexity index is 404. The van der Waals surface area contributed by atoms with Crippen molar-refractivity contribution in [1.29, 1.82) is 0 Å². The molecule has 1 unspecified atom stereocenters. The molecule has 2 aliphatic heterocycles. The molecule has 0 N–H and O–H groups in total. The van der Waals surface area contributed by atoms with E-state index in [9.17, 15) is 0 Å². The van der Waals surface area contributed by atoms with Gasteiger partial charge >= 0.3 is 0 Å². The van der Waals surface area contributed by atoms with Crippen molar-refractivity contribution in [2.45, 2.75) is 38.8 Å². The number of aryl methyl sites for hydroxylation is 1. The largest absolute Gasteiger partial charge is 0.298 e. The maximum atomic E-state index is 4.52. The van der Waals surface area contributed by atoms with E-state index in [4.69, 9.17) is 0 Å². The van der Waals surface area contributed by atoms with Crippen LogP contribution in [0.3, 0.4) is 0 Å². The average Bonchev–Trinajstić information content (AvgIpc) is 2.41. The van der Waals surface area contributed by atoms with E-state index in [0.29, 0.717) is 0 Å². The highest BCUT2D eigenvalue weighted by Gasteiger charge is 2.28. The first-order valence-electron chi connectivity index (χ1n) is 7.20. The van der Waals surface area contributed by atoms with Crippen molar-refractivity contribution < 1.29 is 0 Å². The van der Waals surface area contributed by atoms with Crippen LogP contribution in [0.4, 0.5) is 0 Å². The van der Waals surface area contributed by atoms with Gasteiger partial charge in [-0.1, -0.05) is 12.5 Å². The minimum atomic E-state index is 0.802. The Morgan fingerprint density at radius 2 is 2.22 bits per heavy atom. The van der Waals surface area contributed by atoms with Crippen molar-refractivity contribution in [2.75, 3.05) is 26.2 Å². The molecule has 0 aliphatic carbocycles. The minimum Gasteiger partial charge on any atom is -0.298 e. The van der Waals surface area contributed by atoms with Crippen LogP contribution in [0.2, 0.25) is 0 Å². The molecule has 3 heteroatoms. The number of hydrogen-bond acceptors (Lipinski definition) is 3. The van der Waals surface area contributed by atoms with Crippen LogP contribution in [-0.2, 0) is 6.54 Å². The molecule has 1 aromatic rings. The Hall–Kier alpha value is -0.930. The fraction of sp³-hybridized carbons (Fsp3) is 0.667. The van der Waals surface area contributed by atoms with Crippen molar-refractivity contribution >= 4 is 0 Å². The standard InChI is InChI=1S/C15H23N3/c1-13-5-4-7-16-15(13)12-17-9-10-18-8-3-2-6-14(18)11-17/h4-5,7,14H,2-3,6,8-12H2,1H3. The quantitative estimate of drug-likeness (QED) is 0.795. The smallest absolute Gasteiger partial charge is 0.0573 e. The van der Waals surface area contributed by atoms with Crippen LogP contribution in [-0.4, -0.2) is 47.0 Å². The summed E-state index contributed by atoms with van der Waals surface area (Å²) in [6.45, 7) is 8.19. The van der Waals surface area contributed by atoms with Gasteiger partial charge in [-0.2, -0.15) is 0 Å². The van der Waals surface area contributed by atoms with Gasteiger partial charge in [-0.05, 0) is 37.9 Å². The molecule has 98 valence electrons. The van der Waals surface area contributed by atoms with Gasteiger partial charge in [0.15, 0.2) is 0 Å². The third kappa shape index (κ3) is 2.57. The van der Waals surface area contributed by atoms with Crippen LogP contribution < -0.4 is 0 Å². The molecule has 0 amide bonds. The van der Waals surface area contributed by atoms with Gasteiger partial charge in [0.2, 0.25) is 0 Å². The summed E-state index contributed by atoms with van der Waals surface area (Å²) < 4.78 is 0. The van der Waals surface area contributed by atoms with Gasteiger partial charge in [-0.25, -0.2) is 0 Å². The fourth-order valence-electron chi connectivity index (χ4n) is 3.26.